The Morgan fingerprint density at radius 2 is 1.52 bits per heavy atom. The highest BCUT2D eigenvalue weighted by Crippen LogP contribution is 2.41. The van der Waals surface area contributed by atoms with Crippen molar-refractivity contribution in [1.29, 1.82) is 0 Å². The lowest BCUT2D eigenvalue weighted by molar-refractivity contribution is 0.652. The molecular formula is C36H26ClN3. The average Bonchev–Trinajstić information content (AvgIpc) is 3.33. The molecule has 6 aromatic rings. The second kappa shape index (κ2) is 9.32. The number of hydrogen-bond acceptors (Lipinski definition) is 2. The highest BCUT2D eigenvalue weighted by molar-refractivity contribution is 6.34. The summed E-state index contributed by atoms with van der Waals surface area (Å²) in [4.78, 5) is 10.3. The number of hydrogen-bond donors (Lipinski definition) is 0. The first-order valence-corrected chi connectivity index (χ1v) is 14.2. The van der Waals surface area contributed by atoms with Crippen molar-refractivity contribution in [3.63, 3.8) is 0 Å². The van der Waals surface area contributed by atoms with Gasteiger partial charge in [-0.3, -0.25) is 0 Å². The van der Waals surface area contributed by atoms with E-state index in [1.807, 2.05) is 12.1 Å². The fourth-order valence-electron chi connectivity index (χ4n) is 6.34. The van der Waals surface area contributed by atoms with E-state index in [2.05, 4.69) is 108 Å². The molecule has 0 bridgehead atoms. The predicted octanol–water partition coefficient (Wildman–Crippen LogP) is 9.52. The number of para-hydroxylation sites is 1. The zero-order valence-electron chi connectivity index (χ0n) is 21.9. The largest absolute Gasteiger partial charge is 0.333 e. The number of nitrogens with zero attached hydrogens (tertiary/aromatic N) is 3. The summed E-state index contributed by atoms with van der Waals surface area (Å²) in [7, 11) is 0. The van der Waals surface area contributed by atoms with E-state index in [-0.39, 0.29) is 6.04 Å². The third kappa shape index (κ3) is 3.73. The molecule has 192 valence electrons. The fourth-order valence-corrected chi connectivity index (χ4v) is 6.58. The second-order valence-corrected chi connectivity index (χ2v) is 11.0. The van der Waals surface area contributed by atoms with E-state index in [0.717, 1.165) is 53.2 Å². The van der Waals surface area contributed by atoms with Gasteiger partial charge in [0.2, 0.25) is 0 Å². The second-order valence-electron chi connectivity index (χ2n) is 10.6. The SMILES string of the molecule is ClC1=C(c2nc3c(c(-c4ccccc4)n2)C=CCC3)CC(n2c3ccccc3c3cc4ccccc4cc32)C=C1. The Morgan fingerprint density at radius 1 is 0.750 bits per heavy atom. The van der Waals surface area contributed by atoms with Gasteiger partial charge in [0.15, 0.2) is 5.82 Å². The molecule has 1 atom stereocenters. The third-order valence-corrected chi connectivity index (χ3v) is 8.60. The molecule has 4 aromatic carbocycles. The number of benzene rings is 4. The van der Waals surface area contributed by atoms with Crippen LogP contribution >= 0.6 is 11.6 Å². The van der Waals surface area contributed by atoms with Crippen molar-refractivity contribution in [2.75, 3.05) is 0 Å². The van der Waals surface area contributed by atoms with E-state index in [4.69, 9.17) is 21.6 Å². The van der Waals surface area contributed by atoms with Gasteiger partial charge in [0.1, 0.15) is 0 Å². The van der Waals surface area contributed by atoms with Crippen molar-refractivity contribution >= 4 is 55.8 Å². The average molecular weight is 536 g/mol. The molecule has 0 fully saturated rings. The standard InChI is InChI=1S/C36H26ClN3/c37-31-19-18-26(40-33-17-9-7-14-27(33)29-20-24-12-4-5-13-25(24)21-34(29)40)22-30(31)36-38-32-16-8-6-15-28(32)35(39-36)23-10-2-1-3-11-23/h1-7,9-15,17-21,26H,8,16,22H2. The normalized spacial score (nSPS) is 16.8. The maximum atomic E-state index is 6.93. The van der Waals surface area contributed by atoms with Crippen molar-refractivity contribution < 1.29 is 0 Å². The summed E-state index contributed by atoms with van der Waals surface area (Å²) in [5.74, 6) is 0.735. The molecule has 0 aliphatic heterocycles. The van der Waals surface area contributed by atoms with Crippen LogP contribution in [0.1, 0.15) is 36.0 Å². The molecule has 2 aliphatic carbocycles. The van der Waals surface area contributed by atoms with Crippen molar-refractivity contribution in [2.24, 2.45) is 0 Å². The first kappa shape index (κ1) is 23.4. The number of fused-ring (bicyclic) bond motifs is 5. The van der Waals surface area contributed by atoms with Gasteiger partial charge in [-0.2, -0.15) is 0 Å². The minimum absolute atomic E-state index is 0.0840. The van der Waals surface area contributed by atoms with Gasteiger partial charge in [-0.05, 0) is 47.9 Å². The van der Waals surface area contributed by atoms with Crippen LogP contribution in [0.4, 0.5) is 0 Å². The first-order valence-electron chi connectivity index (χ1n) is 13.9. The Morgan fingerprint density at radius 3 is 2.40 bits per heavy atom. The van der Waals surface area contributed by atoms with Gasteiger partial charge in [-0.25, -0.2) is 9.97 Å². The zero-order valence-corrected chi connectivity index (χ0v) is 22.6. The molecule has 0 saturated carbocycles. The van der Waals surface area contributed by atoms with E-state index >= 15 is 0 Å². The van der Waals surface area contributed by atoms with Gasteiger partial charge in [0.25, 0.3) is 0 Å². The van der Waals surface area contributed by atoms with E-state index < -0.39 is 0 Å². The molecule has 0 amide bonds. The molecule has 3 nitrogen and oxygen atoms in total. The number of halogens is 1. The maximum absolute atomic E-state index is 6.93. The van der Waals surface area contributed by atoms with Crippen LogP contribution in [0, 0.1) is 0 Å². The van der Waals surface area contributed by atoms with Gasteiger partial charge >= 0.3 is 0 Å². The number of aromatic nitrogens is 3. The Bertz CT molecular complexity index is 2050. The van der Waals surface area contributed by atoms with Crippen molar-refractivity contribution in [2.45, 2.75) is 25.3 Å². The van der Waals surface area contributed by atoms with Crippen LogP contribution in [0.3, 0.4) is 0 Å². The van der Waals surface area contributed by atoms with Crippen LogP contribution in [0.5, 0.6) is 0 Å². The zero-order chi connectivity index (χ0) is 26.6. The summed E-state index contributed by atoms with van der Waals surface area (Å²) in [6.45, 7) is 0. The van der Waals surface area contributed by atoms with Gasteiger partial charge in [-0.1, -0.05) is 103 Å². The smallest absolute Gasteiger partial charge is 0.157 e. The molecule has 2 aliphatic rings. The molecule has 0 N–H and O–H groups in total. The molecule has 0 radical (unpaired) electrons. The van der Waals surface area contributed by atoms with Crippen LogP contribution in [0.25, 0.3) is 55.5 Å². The monoisotopic (exact) mass is 535 g/mol. The highest BCUT2D eigenvalue weighted by Gasteiger charge is 2.26. The topological polar surface area (TPSA) is 30.7 Å². The van der Waals surface area contributed by atoms with Gasteiger partial charge in [0.05, 0.1) is 22.9 Å². The van der Waals surface area contributed by atoms with Crippen molar-refractivity contribution in [1.82, 2.24) is 14.5 Å². The molecular weight excluding hydrogens is 510 g/mol. The summed E-state index contributed by atoms with van der Waals surface area (Å²) in [5, 5.41) is 5.75. The molecule has 8 rings (SSSR count). The lowest BCUT2D eigenvalue weighted by Gasteiger charge is -2.24. The van der Waals surface area contributed by atoms with Crippen LogP contribution in [0.2, 0.25) is 0 Å². The van der Waals surface area contributed by atoms with Crippen LogP contribution < -0.4 is 0 Å². The van der Waals surface area contributed by atoms with Gasteiger partial charge in [0, 0.05) is 44.4 Å². The van der Waals surface area contributed by atoms with Crippen molar-refractivity contribution in [3.05, 3.63) is 131 Å². The molecule has 4 heteroatoms. The van der Waals surface area contributed by atoms with Gasteiger partial charge in [-0.15, -0.1) is 0 Å². The number of allylic oxidation sites excluding steroid dienone is 5. The number of aryl methyl sites for hydroxylation is 1. The van der Waals surface area contributed by atoms with Crippen molar-refractivity contribution in [3.8, 4) is 11.3 Å². The Kier molecular flexibility index (Phi) is 5.46. The Balaban J connectivity index is 1.29. The maximum Gasteiger partial charge on any atom is 0.157 e. The summed E-state index contributed by atoms with van der Waals surface area (Å²) in [6, 6.07) is 32.4. The molecule has 0 spiro atoms. The molecule has 1 unspecified atom stereocenters. The van der Waals surface area contributed by atoms with Crippen LogP contribution in [0.15, 0.2) is 114 Å². The Labute approximate surface area is 237 Å². The van der Waals surface area contributed by atoms with E-state index in [0.29, 0.717) is 5.03 Å². The summed E-state index contributed by atoms with van der Waals surface area (Å²) in [6.07, 6.45) is 11.3. The molecule has 2 heterocycles. The predicted molar refractivity (Wildman–Crippen MR) is 167 cm³/mol. The minimum atomic E-state index is 0.0840. The van der Waals surface area contributed by atoms with E-state index in [1.165, 1.54) is 32.6 Å². The van der Waals surface area contributed by atoms with Crippen LogP contribution in [-0.2, 0) is 6.42 Å². The first-order chi connectivity index (χ1) is 19.7. The van der Waals surface area contributed by atoms with E-state index in [9.17, 15) is 0 Å². The van der Waals surface area contributed by atoms with E-state index in [1.54, 1.807) is 0 Å². The summed E-state index contributed by atoms with van der Waals surface area (Å²) < 4.78 is 2.47. The highest BCUT2D eigenvalue weighted by atomic mass is 35.5. The Hall–Kier alpha value is -4.47. The van der Waals surface area contributed by atoms with Crippen LogP contribution in [-0.4, -0.2) is 14.5 Å². The summed E-state index contributed by atoms with van der Waals surface area (Å²) in [5.41, 5.74) is 7.74. The lowest BCUT2D eigenvalue weighted by Crippen LogP contribution is -2.13. The van der Waals surface area contributed by atoms with Gasteiger partial charge < -0.3 is 4.57 Å². The third-order valence-electron chi connectivity index (χ3n) is 8.25. The molecule has 2 aromatic heterocycles. The fraction of sp³-hybridized carbons (Fsp3) is 0.111. The minimum Gasteiger partial charge on any atom is -0.333 e. The lowest BCUT2D eigenvalue weighted by atomic mass is 9.95. The molecule has 0 saturated heterocycles. The number of rotatable bonds is 3. The molecule has 40 heavy (non-hydrogen) atoms. The quantitative estimate of drug-likeness (QED) is 0.226. The summed E-state index contributed by atoms with van der Waals surface area (Å²) >= 11 is 6.93.